The number of aliphatic imine (C=N–C) groups is 2. The zero-order valence-electron chi connectivity index (χ0n) is 24.4. The molecule has 214 valence electrons. The number of allylic oxidation sites excluding steroid dienone is 1. The summed E-state index contributed by atoms with van der Waals surface area (Å²) < 4.78 is 0. The molecule has 2 aliphatic carbocycles. The Morgan fingerprint density at radius 3 is 2.65 bits per heavy atom. The molecule has 3 aliphatic heterocycles. The number of piperidine rings is 1. The number of fused-ring (bicyclic) bond motifs is 1. The lowest BCUT2D eigenvalue weighted by molar-refractivity contribution is 0.0239. The molecule has 0 aromatic heterocycles. The largest absolute Gasteiger partial charge is 0.384 e. The van der Waals surface area contributed by atoms with Crippen LogP contribution in [-0.4, -0.2) is 73.8 Å². The molecular formula is C33H47N7. The van der Waals surface area contributed by atoms with Gasteiger partial charge in [-0.3, -0.25) is 9.89 Å². The van der Waals surface area contributed by atoms with Gasteiger partial charge >= 0.3 is 0 Å². The molecular weight excluding hydrogens is 494 g/mol. The first-order chi connectivity index (χ1) is 19.5. The van der Waals surface area contributed by atoms with E-state index in [0.717, 1.165) is 69.3 Å². The second kappa shape index (κ2) is 11.8. The molecule has 5 aliphatic rings. The molecule has 40 heavy (non-hydrogen) atoms. The van der Waals surface area contributed by atoms with Gasteiger partial charge in [0.25, 0.3) is 0 Å². The van der Waals surface area contributed by atoms with Gasteiger partial charge in [0.05, 0.1) is 22.8 Å². The molecule has 0 amide bonds. The van der Waals surface area contributed by atoms with E-state index in [4.69, 9.17) is 0 Å². The van der Waals surface area contributed by atoms with Gasteiger partial charge < -0.3 is 20.9 Å². The zero-order chi connectivity index (χ0) is 27.5. The van der Waals surface area contributed by atoms with Crippen LogP contribution in [0.1, 0.15) is 56.1 Å². The van der Waals surface area contributed by atoms with E-state index in [2.05, 4.69) is 79.2 Å². The molecule has 2 saturated carbocycles. The molecule has 1 spiro atoms. The summed E-state index contributed by atoms with van der Waals surface area (Å²) in [6.07, 6.45) is 11.9. The average molecular weight is 542 g/mol. The Kier molecular flexibility index (Phi) is 8.01. The van der Waals surface area contributed by atoms with Crippen LogP contribution in [0.5, 0.6) is 0 Å². The van der Waals surface area contributed by atoms with E-state index in [1.54, 1.807) is 0 Å². The fourth-order valence-corrected chi connectivity index (χ4v) is 7.13. The Bertz CT molecular complexity index is 1190. The fraction of sp³-hybridized carbons (Fsp3) is 0.576. The maximum absolute atomic E-state index is 4.69. The number of rotatable bonds is 10. The van der Waals surface area contributed by atoms with Crippen LogP contribution in [0.15, 0.2) is 70.6 Å². The van der Waals surface area contributed by atoms with Gasteiger partial charge in [-0.05, 0) is 67.9 Å². The molecule has 0 atom stereocenters. The van der Waals surface area contributed by atoms with Gasteiger partial charge in [-0.1, -0.05) is 37.4 Å². The third kappa shape index (κ3) is 6.14. The lowest BCUT2D eigenvalue weighted by Gasteiger charge is -2.53. The summed E-state index contributed by atoms with van der Waals surface area (Å²) in [6, 6.07) is 9.37. The Labute approximate surface area is 240 Å². The smallest absolute Gasteiger partial charge is 0.125 e. The van der Waals surface area contributed by atoms with E-state index in [9.17, 15) is 0 Å². The minimum Gasteiger partial charge on any atom is -0.384 e. The minimum absolute atomic E-state index is 0.485. The van der Waals surface area contributed by atoms with Gasteiger partial charge in [0, 0.05) is 64.4 Å². The molecule has 7 heteroatoms. The topological polar surface area (TPSA) is 67.3 Å². The summed E-state index contributed by atoms with van der Waals surface area (Å²) in [5.74, 6) is 1.65. The van der Waals surface area contributed by atoms with Crippen molar-refractivity contribution in [2.24, 2.45) is 21.3 Å². The highest BCUT2D eigenvalue weighted by Crippen LogP contribution is 2.49. The number of likely N-dealkylation sites (tertiary alicyclic amines) is 1. The highest BCUT2D eigenvalue weighted by atomic mass is 15.2. The lowest BCUT2D eigenvalue weighted by Crippen LogP contribution is -2.55. The highest BCUT2D eigenvalue weighted by Gasteiger charge is 2.46. The number of hydrogen-bond donors (Lipinski definition) is 3. The van der Waals surface area contributed by atoms with Crippen molar-refractivity contribution in [3.8, 4) is 0 Å². The molecule has 0 bridgehead atoms. The fourth-order valence-electron chi connectivity index (χ4n) is 7.13. The first kappa shape index (κ1) is 27.1. The van der Waals surface area contributed by atoms with Gasteiger partial charge in [-0.2, -0.15) is 0 Å². The van der Waals surface area contributed by atoms with Crippen LogP contribution in [0.4, 0.5) is 0 Å². The van der Waals surface area contributed by atoms with E-state index < -0.39 is 0 Å². The van der Waals surface area contributed by atoms with Crippen molar-refractivity contribution < 1.29 is 0 Å². The maximum Gasteiger partial charge on any atom is 0.125 e. The standard InChI is InChI=1S/C33H47N7/c1-24(35-14-6-15-39-16-11-26-7-4-5-8-28(26)22-39)30-19-31(37-23-36-30)38-29-20-33(21-29)12-17-40(18-13-33)25(2)32(34-3)27-9-10-27/h4-5,7-8,19,27,29,35-36H,1-2,6,9-18,20-23H2,3H3,(H,37,38). The van der Waals surface area contributed by atoms with Crippen LogP contribution in [0, 0.1) is 11.3 Å². The van der Waals surface area contributed by atoms with Crippen molar-refractivity contribution in [3.05, 3.63) is 71.7 Å². The van der Waals surface area contributed by atoms with E-state index >= 15 is 0 Å². The normalized spacial score (nSPS) is 22.9. The highest BCUT2D eigenvalue weighted by molar-refractivity contribution is 6.02. The molecule has 1 saturated heterocycles. The van der Waals surface area contributed by atoms with Gasteiger partial charge in [0.1, 0.15) is 12.5 Å². The summed E-state index contributed by atoms with van der Waals surface area (Å²) in [6.45, 7) is 15.8. The first-order valence-electron chi connectivity index (χ1n) is 15.4. The number of nitrogens with one attached hydrogen (secondary N) is 3. The van der Waals surface area contributed by atoms with Crippen LogP contribution in [0.2, 0.25) is 0 Å². The van der Waals surface area contributed by atoms with Crippen molar-refractivity contribution in [2.75, 3.05) is 46.4 Å². The van der Waals surface area contributed by atoms with E-state index in [1.807, 2.05) is 7.05 Å². The lowest BCUT2D eigenvalue weighted by atomic mass is 9.60. The monoisotopic (exact) mass is 541 g/mol. The van der Waals surface area contributed by atoms with Crippen molar-refractivity contribution in [1.82, 2.24) is 25.8 Å². The molecule has 0 unspecified atom stereocenters. The third-order valence-corrected chi connectivity index (χ3v) is 9.74. The molecule has 1 aromatic carbocycles. The number of hydrogen-bond acceptors (Lipinski definition) is 7. The quantitative estimate of drug-likeness (QED) is 0.306. The summed E-state index contributed by atoms with van der Waals surface area (Å²) in [7, 11) is 1.93. The Hall–Kier alpha value is -3.06. The van der Waals surface area contributed by atoms with Crippen molar-refractivity contribution in [2.45, 2.75) is 64.0 Å². The average Bonchev–Trinajstić information content (AvgIpc) is 3.80. The van der Waals surface area contributed by atoms with Gasteiger partial charge in [-0.15, -0.1) is 0 Å². The summed E-state index contributed by atoms with van der Waals surface area (Å²) in [5, 5.41) is 10.7. The second-order valence-corrected chi connectivity index (χ2v) is 12.6. The Morgan fingerprint density at radius 2 is 1.90 bits per heavy atom. The number of amidine groups is 1. The third-order valence-electron chi connectivity index (χ3n) is 9.74. The van der Waals surface area contributed by atoms with Gasteiger partial charge in [0.2, 0.25) is 0 Å². The summed E-state index contributed by atoms with van der Waals surface area (Å²) in [4.78, 5) is 14.3. The summed E-state index contributed by atoms with van der Waals surface area (Å²) in [5.41, 5.74) is 7.92. The van der Waals surface area contributed by atoms with E-state index in [0.29, 0.717) is 24.0 Å². The predicted molar refractivity (Wildman–Crippen MR) is 165 cm³/mol. The van der Waals surface area contributed by atoms with Crippen LogP contribution < -0.4 is 16.0 Å². The minimum atomic E-state index is 0.485. The van der Waals surface area contributed by atoms with E-state index in [1.165, 1.54) is 61.1 Å². The van der Waals surface area contributed by atoms with Gasteiger partial charge in [-0.25, -0.2) is 4.99 Å². The van der Waals surface area contributed by atoms with Crippen LogP contribution in [0.3, 0.4) is 0 Å². The zero-order valence-corrected chi connectivity index (χ0v) is 24.4. The number of nitrogens with zero attached hydrogens (tertiary/aromatic N) is 4. The first-order valence-corrected chi connectivity index (χ1v) is 15.4. The summed E-state index contributed by atoms with van der Waals surface area (Å²) >= 11 is 0. The number of benzene rings is 1. The van der Waals surface area contributed by atoms with Crippen LogP contribution in [0.25, 0.3) is 0 Å². The predicted octanol–water partition coefficient (Wildman–Crippen LogP) is 4.21. The van der Waals surface area contributed by atoms with Crippen molar-refractivity contribution in [3.63, 3.8) is 0 Å². The van der Waals surface area contributed by atoms with Gasteiger partial charge in [0.15, 0.2) is 0 Å². The maximum atomic E-state index is 4.69. The molecule has 3 heterocycles. The Balaban J connectivity index is 0.899. The molecule has 0 radical (unpaired) electrons. The SMILES string of the molecule is C=C(NCCCN1CCc2ccccc2C1)C1=CC(NC2CC3(CCN(C(=C)C(=NC)C4CC4)CC3)C2)=NCN1. The molecule has 3 N–H and O–H groups in total. The second-order valence-electron chi connectivity index (χ2n) is 12.6. The molecule has 6 rings (SSSR count). The van der Waals surface area contributed by atoms with Crippen LogP contribution in [-0.2, 0) is 13.0 Å². The molecule has 3 fully saturated rings. The molecule has 7 nitrogen and oxygen atoms in total. The van der Waals surface area contributed by atoms with E-state index in [-0.39, 0.29) is 0 Å². The van der Waals surface area contributed by atoms with Crippen molar-refractivity contribution >= 4 is 11.5 Å². The molecule has 1 aromatic rings. The van der Waals surface area contributed by atoms with Crippen LogP contribution >= 0.6 is 0 Å². The van der Waals surface area contributed by atoms with Crippen molar-refractivity contribution in [1.29, 1.82) is 0 Å². The Morgan fingerprint density at radius 1 is 1.12 bits per heavy atom.